The number of hydrogen-bond donors (Lipinski definition) is 2. The van der Waals surface area contributed by atoms with Crippen LogP contribution in [0.1, 0.15) is 66.4 Å². The first-order valence-corrected chi connectivity index (χ1v) is 18.1. The monoisotopic (exact) mass is 701 g/mol. The summed E-state index contributed by atoms with van der Waals surface area (Å²) in [6, 6.07) is 11.6. The van der Waals surface area contributed by atoms with E-state index >= 15 is 0 Å². The van der Waals surface area contributed by atoms with Crippen molar-refractivity contribution in [3.63, 3.8) is 0 Å². The maximum Gasteiger partial charge on any atom is 0.394 e. The fourth-order valence-corrected chi connectivity index (χ4v) is 8.18. The van der Waals surface area contributed by atoms with Crippen LogP contribution in [0.15, 0.2) is 53.4 Å². The Morgan fingerprint density at radius 2 is 1.73 bits per heavy atom. The number of benzene rings is 2. The number of ether oxygens (including phenoxy) is 2. The van der Waals surface area contributed by atoms with E-state index in [1.807, 2.05) is 32.0 Å². The molecule has 49 heavy (non-hydrogen) atoms. The van der Waals surface area contributed by atoms with E-state index in [0.29, 0.717) is 44.5 Å². The minimum absolute atomic E-state index is 0.0170. The number of fused-ring (bicyclic) bond motifs is 4. The minimum atomic E-state index is -4.46. The molecule has 1 atom stereocenters. The summed E-state index contributed by atoms with van der Waals surface area (Å²) in [5, 5.41) is 3.45. The van der Waals surface area contributed by atoms with Crippen LogP contribution in [-0.2, 0) is 14.8 Å². The zero-order chi connectivity index (χ0) is 35.0. The number of anilines is 1. The van der Waals surface area contributed by atoms with E-state index in [0.717, 1.165) is 16.7 Å². The molecule has 3 aromatic rings. The number of alkyl halides is 3. The lowest BCUT2D eigenvalue weighted by atomic mass is 9.87. The van der Waals surface area contributed by atoms with E-state index in [-0.39, 0.29) is 60.2 Å². The molecule has 1 amide bonds. The van der Waals surface area contributed by atoms with Crippen molar-refractivity contribution in [2.45, 2.75) is 88.0 Å². The Bertz CT molecular complexity index is 1770. The van der Waals surface area contributed by atoms with Gasteiger partial charge in [-0.2, -0.15) is 18.2 Å². The smallest absolute Gasteiger partial charge is 0.394 e. The molecule has 3 aliphatic rings. The second kappa shape index (κ2) is 13.9. The van der Waals surface area contributed by atoms with E-state index in [4.69, 9.17) is 9.47 Å². The van der Waals surface area contributed by atoms with Crippen LogP contribution in [0, 0.1) is 19.3 Å². The number of aromatic nitrogens is 2. The molecule has 2 saturated carbocycles. The molecule has 264 valence electrons. The van der Waals surface area contributed by atoms with E-state index < -0.39 is 33.6 Å². The molecule has 0 spiro atoms. The Balaban J connectivity index is 1.44. The maximum atomic E-state index is 14.5. The van der Waals surface area contributed by atoms with E-state index in [2.05, 4.69) is 20.0 Å². The maximum absolute atomic E-state index is 14.5. The second-order valence-corrected chi connectivity index (χ2v) is 15.1. The molecule has 10 nitrogen and oxygen atoms in total. The number of rotatable bonds is 8. The topological polar surface area (TPSA) is 123 Å². The van der Waals surface area contributed by atoms with Gasteiger partial charge in [-0.05, 0) is 88.1 Å². The molecule has 6 rings (SSSR count). The van der Waals surface area contributed by atoms with Gasteiger partial charge in [-0.15, -0.1) is 0 Å². The molecule has 14 heteroatoms. The van der Waals surface area contributed by atoms with Gasteiger partial charge < -0.3 is 19.7 Å². The van der Waals surface area contributed by atoms with Crippen molar-refractivity contribution >= 4 is 21.9 Å². The molecular formula is C35H42F3N5O5S. The van der Waals surface area contributed by atoms with E-state index in [9.17, 15) is 26.4 Å². The van der Waals surface area contributed by atoms with Crippen molar-refractivity contribution in [1.82, 2.24) is 20.2 Å². The van der Waals surface area contributed by atoms with Gasteiger partial charge in [0.15, 0.2) is 0 Å². The van der Waals surface area contributed by atoms with Gasteiger partial charge in [-0.25, -0.2) is 18.1 Å². The van der Waals surface area contributed by atoms with Crippen LogP contribution in [0.3, 0.4) is 0 Å². The van der Waals surface area contributed by atoms with E-state index in [1.165, 1.54) is 24.3 Å². The van der Waals surface area contributed by atoms with Crippen molar-refractivity contribution in [2.24, 2.45) is 5.41 Å². The summed E-state index contributed by atoms with van der Waals surface area (Å²) < 4.78 is 84.6. The molecule has 2 heterocycles. The SMILES string of the molecule is COCCN[C@H]1CC[C@@H](N2C(=O)c3cccc(c3)S(=O)(=O)Nc3nc(cc(-c4c(C)cccc4C)n3)OC[C@H]2CC2(C(F)(F)F)CC2)CC1. The van der Waals surface area contributed by atoms with Crippen molar-refractivity contribution in [1.29, 1.82) is 0 Å². The summed E-state index contributed by atoms with van der Waals surface area (Å²) >= 11 is 0. The Morgan fingerprint density at radius 1 is 1.04 bits per heavy atom. The average molecular weight is 702 g/mol. The number of amides is 1. The van der Waals surface area contributed by atoms with Gasteiger partial charge in [0.1, 0.15) is 6.61 Å². The molecule has 0 saturated heterocycles. The van der Waals surface area contributed by atoms with Crippen LogP contribution in [-0.4, -0.2) is 80.4 Å². The Labute approximate surface area is 284 Å². The quantitative estimate of drug-likeness (QED) is 0.273. The number of carbonyl (C=O) groups excluding carboxylic acids is 1. The number of sulfonamides is 1. The second-order valence-electron chi connectivity index (χ2n) is 13.4. The summed E-state index contributed by atoms with van der Waals surface area (Å²) in [4.78, 5) is 24.7. The molecule has 0 unspecified atom stereocenters. The third kappa shape index (κ3) is 7.56. The third-order valence-electron chi connectivity index (χ3n) is 10.0. The number of nitrogens with one attached hydrogen (secondary N) is 2. The van der Waals surface area contributed by atoms with Crippen LogP contribution >= 0.6 is 0 Å². The summed E-state index contributed by atoms with van der Waals surface area (Å²) in [5.41, 5.74) is 1.03. The van der Waals surface area contributed by atoms with Gasteiger partial charge in [0, 0.05) is 42.9 Å². The highest BCUT2D eigenvalue weighted by Gasteiger charge is 2.64. The first kappa shape index (κ1) is 35.1. The normalized spacial score (nSPS) is 23.3. The summed E-state index contributed by atoms with van der Waals surface area (Å²) in [6.45, 7) is 4.74. The number of methoxy groups -OCH3 is 1. The summed E-state index contributed by atoms with van der Waals surface area (Å²) in [6.07, 6.45) is -2.33. The predicted octanol–water partition coefficient (Wildman–Crippen LogP) is 6.04. The van der Waals surface area contributed by atoms with Gasteiger partial charge in [-0.3, -0.25) is 4.79 Å². The largest absolute Gasteiger partial charge is 0.475 e. The number of carbonyl (C=O) groups is 1. The van der Waals surface area contributed by atoms with Crippen LogP contribution in [0.5, 0.6) is 5.88 Å². The third-order valence-corrected chi connectivity index (χ3v) is 11.3. The lowest BCUT2D eigenvalue weighted by Gasteiger charge is -2.43. The first-order chi connectivity index (χ1) is 23.3. The number of halogens is 3. The van der Waals surface area contributed by atoms with Crippen LogP contribution in [0.25, 0.3) is 11.3 Å². The van der Waals surface area contributed by atoms with Crippen LogP contribution < -0.4 is 14.8 Å². The highest BCUT2D eigenvalue weighted by molar-refractivity contribution is 7.92. The Hall–Kier alpha value is -3.75. The molecule has 1 aliphatic heterocycles. The van der Waals surface area contributed by atoms with Gasteiger partial charge in [0.25, 0.3) is 15.9 Å². The standard InChI is InChI=1S/C35H42F3N5O5S/c1-22-6-4-7-23(2)31(22)29-19-30-41-33(40-29)42-49(45,46)28-9-5-8-24(18-28)32(44)43(26-12-10-25(11-13-26)39-16-17-47-3)27(21-48-30)20-34(14-15-34)35(36,37)38/h4-9,18-19,25-27,39H,10-17,20-21H2,1-3H3,(H,40,41,42)/t25-,26+,27-/m1/s1. The van der Waals surface area contributed by atoms with Gasteiger partial charge in [0.05, 0.1) is 28.7 Å². The molecular weight excluding hydrogens is 659 g/mol. The van der Waals surface area contributed by atoms with Crippen LogP contribution in [0.4, 0.5) is 19.1 Å². The fourth-order valence-electron chi connectivity index (χ4n) is 7.19. The lowest BCUT2D eigenvalue weighted by Crippen LogP contribution is -2.53. The molecule has 2 aliphatic carbocycles. The summed E-state index contributed by atoms with van der Waals surface area (Å²) in [5.74, 6) is -0.808. The Kier molecular flexibility index (Phi) is 9.93. The summed E-state index contributed by atoms with van der Waals surface area (Å²) in [7, 11) is -2.66. The lowest BCUT2D eigenvalue weighted by molar-refractivity contribution is -0.193. The van der Waals surface area contributed by atoms with Gasteiger partial charge in [-0.1, -0.05) is 24.3 Å². The fraction of sp³-hybridized carbons (Fsp3) is 0.514. The predicted molar refractivity (Wildman–Crippen MR) is 178 cm³/mol. The zero-order valence-corrected chi connectivity index (χ0v) is 28.7. The van der Waals surface area contributed by atoms with Gasteiger partial charge in [0.2, 0.25) is 11.8 Å². The molecule has 2 fully saturated rings. The molecule has 4 bridgehead atoms. The highest BCUT2D eigenvalue weighted by Crippen LogP contribution is 2.61. The average Bonchev–Trinajstić information content (AvgIpc) is 3.85. The molecule has 2 aromatic carbocycles. The molecule has 1 aromatic heterocycles. The highest BCUT2D eigenvalue weighted by atomic mass is 32.2. The van der Waals surface area contributed by atoms with Crippen LogP contribution in [0.2, 0.25) is 0 Å². The molecule has 0 radical (unpaired) electrons. The minimum Gasteiger partial charge on any atom is -0.475 e. The van der Waals surface area contributed by atoms with Gasteiger partial charge >= 0.3 is 6.18 Å². The number of aryl methyl sites for hydroxylation is 2. The number of nitrogens with zero attached hydrogens (tertiary/aromatic N) is 3. The van der Waals surface area contributed by atoms with E-state index in [1.54, 1.807) is 18.1 Å². The van der Waals surface area contributed by atoms with Crippen molar-refractivity contribution in [3.8, 4) is 17.1 Å². The Morgan fingerprint density at radius 3 is 2.39 bits per heavy atom. The van der Waals surface area contributed by atoms with Crippen molar-refractivity contribution < 1.29 is 35.9 Å². The van der Waals surface area contributed by atoms with Crippen molar-refractivity contribution in [3.05, 3.63) is 65.2 Å². The van der Waals surface area contributed by atoms with Crippen molar-refractivity contribution in [2.75, 3.05) is 31.6 Å². The first-order valence-electron chi connectivity index (χ1n) is 16.6. The number of hydrogen-bond acceptors (Lipinski definition) is 8. The molecule has 2 N–H and O–H groups in total. The zero-order valence-electron chi connectivity index (χ0n) is 27.8.